The Morgan fingerprint density at radius 2 is 2.47 bits per heavy atom. The third kappa shape index (κ3) is 1.90. The third-order valence-electron chi connectivity index (χ3n) is 2.87. The van der Waals surface area contributed by atoms with Gasteiger partial charge in [0.2, 0.25) is 0 Å². The zero-order chi connectivity index (χ0) is 10.7. The van der Waals surface area contributed by atoms with Crippen LogP contribution in [0.4, 0.5) is 0 Å². The molecule has 0 amide bonds. The second kappa shape index (κ2) is 4.49. The Labute approximate surface area is 91.0 Å². The van der Waals surface area contributed by atoms with Gasteiger partial charge in [-0.15, -0.1) is 6.58 Å². The van der Waals surface area contributed by atoms with Crippen LogP contribution in [0.3, 0.4) is 0 Å². The molecule has 2 heteroatoms. The van der Waals surface area contributed by atoms with Crippen LogP contribution in [0.1, 0.15) is 23.6 Å². The average Bonchev–Trinajstić information content (AvgIpc) is 2.73. The van der Waals surface area contributed by atoms with Crippen molar-refractivity contribution in [2.75, 3.05) is 13.7 Å². The molecule has 1 N–H and O–H groups in total. The van der Waals surface area contributed by atoms with Crippen LogP contribution >= 0.6 is 0 Å². The highest BCUT2D eigenvalue weighted by Gasteiger charge is 2.20. The summed E-state index contributed by atoms with van der Waals surface area (Å²) >= 11 is 0. The molecule has 0 fully saturated rings. The van der Waals surface area contributed by atoms with E-state index < -0.39 is 0 Å². The van der Waals surface area contributed by atoms with Crippen LogP contribution in [-0.4, -0.2) is 13.7 Å². The van der Waals surface area contributed by atoms with E-state index in [0.29, 0.717) is 6.04 Å². The first-order valence-electron chi connectivity index (χ1n) is 5.39. The van der Waals surface area contributed by atoms with E-state index >= 15 is 0 Å². The van der Waals surface area contributed by atoms with Crippen molar-refractivity contribution < 1.29 is 4.74 Å². The molecule has 0 saturated heterocycles. The molecule has 0 spiro atoms. The fraction of sp³-hybridized carbons (Fsp3) is 0.385. The van der Waals surface area contributed by atoms with Crippen LogP contribution < -0.4 is 10.1 Å². The fourth-order valence-corrected chi connectivity index (χ4v) is 2.08. The molecule has 0 aromatic heterocycles. The highest BCUT2D eigenvalue weighted by atomic mass is 16.5. The van der Waals surface area contributed by atoms with Crippen molar-refractivity contribution >= 4 is 0 Å². The maximum absolute atomic E-state index is 5.68. The molecular weight excluding hydrogens is 186 g/mol. The summed E-state index contributed by atoms with van der Waals surface area (Å²) in [5.41, 5.74) is 2.59. The first-order chi connectivity index (χ1) is 7.36. The molecular formula is C13H17NO. The Bertz CT molecular complexity index is 360. The van der Waals surface area contributed by atoms with E-state index in [-0.39, 0.29) is 0 Å². The SMILES string of the molecule is C=CCC(NC)c1cccc2c1OCC2. The van der Waals surface area contributed by atoms with Gasteiger partial charge in [0.05, 0.1) is 6.61 Å². The van der Waals surface area contributed by atoms with Gasteiger partial charge in [-0.3, -0.25) is 0 Å². The molecule has 1 aliphatic rings. The number of para-hydroxylation sites is 1. The van der Waals surface area contributed by atoms with E-state index in [4.69, 9.17) is 4.74 Å². The Balaban J connectivity index is 2.34. The quantitative estimate of drug-likeness (QED) is 0.759. The number of ether oxygens (including phenoxy) is 1. The first-order valence-corrected chi connectivity index (χ1v) is 5.39. The lowest BCUT2D eigenvalue weighted by Gasteiger charge is -2.17. The molecule has 1 heterocycles. The maximum Gasteiger partial charge on any atom is 0.127 e. The molecule has 0 bridgehead atoms. The standard InChI is InChI=1S/C13H17NO/c1-3-5-12(14-2)11-7-4-6-10-8-9-15-13(10)11/h3-4,6-7,12,14H,1,5,8-9H2,2H3. The van der Waals surface area contributed by atoms with Crippen molar-refractivity contribution in [3.05, 3.63) is 42.0 Å². The summed E-state index contributed by atoms with van der Waals surface area (Å²) in [5, 5.41) is 3.30. The van der Waals surface area contributed by atoms with E-state index in [1.54, 1.807) is 0 Å². The highest BCUT2D eigenvalue weighted by Crippen LogP contribution is 2.34. The number of hydrogen-bond donors (Lipinski definition) is 1. The van der Waals surface area contributed by atoms with Crippen molar-refractivity contribution in [2.45, 2.75) is 18.9 Å². The summed E-state index contributed by atoms with van der Waals surface area (Å²) < 4.78 is 5.68. The van der Waals surface area contributed by atoms with Gasteiger partial charge in [-0.1, -0.05) is 24.3 Å². The van der Waals surface area contributed by atoms with E-state index in [1.165, 1.54) is 11.1 Å². The van der Waals surface area contributed by atoms with Gasteiger partial charge in [-0.25, -0.2) is 0 Å². The Hall–Kier alpha value is -1.28. The van der Waals surface area contributed by atoms with E-state index in [0.717, 1.165) is 25.2 Å². The molecule has 15 heavy (non-hydrogen) atoms. The van der Waals surface area contributed by atoms with Crippen molar-refractivity contribution in [1.29, 1.82) is 0 Å². The molecule has 1 aromatic carbocycles. The Kier molecular flexibility index (Phi) is 3.07. The van der Waals surface area contributed by atoms with Gasteiger partial charge in [0.25, 0.3) is 0 Å². The molecule has 0 radical (unpaired) electrons. The van der Waals surface area contributed by atoms with Crippen LogP contribution in [0.25, 0.3) is 0 Å². The van der Waals surface area contributed by atoms with Crippen molar-refractivity contribution in [2.24, 2.45) is 0 Å². The topological polar surface area (TPSA) is 21.3 Å². The van der Waals surface area contributed by atoms with Gasteiger partial charge in [0, 0.05) is 18.0 Å². The van der Waals surface area contributed by atoms with E-state index in [2.05, 4.69) is 30.1 Å². The molecule has 1 atom stereocenters. The number of rotatable bonds is 4. The number of nitrogens with one attached hydrogen (secondary N) is 1. The predicted molar refractivity (Wildman–Crippen MR) is 62.3 cm³/mol. The summed E-state index contributed by atoms with van der Waals surface area (Å²) in [6.07, 6.45) is 3.90. The third-order valence-corrected chi connectivity index (χ3v) is 2.87. The predicted octanol–water partition coefficient (Wildman–Crippen LogP) is 2.46. The van der Waals surface area contributed by atoms with Gasteiger partial charge in [-0.05, 0) is 19.0 Å². The number of benzene rings is 1. The minimum Gasteiger partial charge on any atom is -0.493 e. The molecule has 1 unspecified atom stereocenters. The molecule has 2 nitrogen and oxygen atoms in total. The lowest BCUT2D eigenvalue weighted by molar-refractivity contribution is 0.349. The van der Waals surface area contributed by atoms with Crippen LogP contribution in [0.2, 0.25) is 0 Å². The lowest BCUT2D eigenvalue weighted by Crippen LogP contribution is -2.16. The Morgan fingerprint density at radius 3 is 3.20 bits per heavy atom. The summed E-state index contributed by atoms with van der Waals surface area (Å²) in [6, 6.07) is 6.70. The fourth-order valence-electron chi connectivity index (χ4n) is 2.08. The van der Waals surface area contributed by atoms with Gasteiger partial charge in [0.1, 0.15) is 5.75 Å². The molecule has 0 aliphatic carbocycles. The van der Waals surface area contributed by atoms with Crippen molar-refractivity contribution in [3.63, 3.8) is 0 Å². The molecule has 2 rings (SSSR count). The van der Waals surface area contributed by atoms with Crippen molar-refractivity contribution in [3.8, 4) is 5.75 Å². The largest absolute Gasteiger partial charge is 0.493 e. The van der Waals surface area contributed by atoms with E-state index in [9.17, 15) is 0 Å². The normalized spacial score (nSPS) is 15.5. The second-order valence-corrected chi connectivity index (χ2v) is 3.80. The molecule has 0 saturated carbocycles. The second-order valence-electron chi connectivity index (χ2n) is 3.80. The minimum atomic E-state index is 0.315. The number of hydrogen-bond acceptors (Lipinski definition) is 2. The van der Waals surface area contributed by atoms with E-state index in [1.807, 2.05) is 13.1 Å². The maximum atomic E-state index is 5.68. The van der Waals surface area contributed by atoms with Gasteiger partial charge < -0.3 is 10.1 Å². The molecule has 80 valence electrons. The summed E-state index contributed by atoms with van der Waals surface area (Å²) in [5.74, 6) is 1.08. The van der Waals surface area contributed by atoms with Crippen molar-refractivity contribution in [1.82, 2.24) is 5.32 Å². The Morgan fingerprint density at radius 1 is 1.60 bits per heavy atom. The lowest BCUT2D eigenvalue weighted by atomic mass is 10.00. The summed E-state index contributed by atoms with van der Waals surface area (Å²) in [7, 11) is 1.97. The first kappa shape index (κ1) is 10.2. The average molecular weight is 203 g/mol. The molecule has 1 aromatic rings. The van der Waals surface area contributed by atoms with Gasteiger partial charge in [-0.2, -0.15) is 0 Å². The minimum absolute atomic E-state index is 0.315. The number of fused-ring (bicyclic) bond motifs is 1. The zero-order valence-electron chi connectivity index (χ0n) is 9.12. The van der Waals surface area contributed by atoms with Gasteiger partial charge >= 0.3 is 0 Å². The van der Waals surface area contributed by atoms with Crippen LogP contribution in [0.5, 0.6) is 5.75 Å². The van der Waals surface area contributed by atoms with Crippen LogP contribution in [0.15, 0.2) is 30.9 Å². The highest BCUT2D eigenvalue weighted by molar-refractivity contribution is 5.45. The van der Waals surface area contributed by atoms with Crippen LogP contribution in [-0.2, 0) is 6.42 Å². The summed E-state index contributed by atoms with van der Waals surface area (Å²) in [6.45, 7) is 4.60. The molecule has 1 aliphatic heterocycles. The smallest absolute Gasteiger partial charge is 0.127 e. The zero-order valence-corrected chi connectivity index (χ0v) is 9.12. The van der Waals surface area contributed by atoms with Crippen LogP contribution in [0, 0.1) is 0 Å². The summed E-state index contributed by atoms with van der Waals surface area (Å²) in [4.78, 5) is 0. The monoisotopic (exact) mass is 203 g/mol. The van der Waals surface area contributed by atoms with Gasteiger partial charge in [0.15, 0.2) is 0 Å².